The van der Waals surface area contributed by atoms with E-state index in [-0.39, 0.29) is 23.9 Å². The molecule has 1 aromatic carbocycles. The molecule has 0 aliphatic heterocycles. The van der Waals surface area contributed by atoms with Gasteiger partial charge in [-0.2, -0.15) is 0 Å². The first-order valence-corrected chi connectivity index (χ1v) is 5.92. The van der Waals surface area contributed by atoms with Crippen LogP contribution in [0.5, 0.6) is 0 Å². The van der Waals surface area contributed by atoms with Crippen molar-refractivity contribution in [2.24, 2.45) is 0 Å². The van der Waals surface area contributed by atoms with Gasteiger partial charge in [-0.25, -0.2) is 4.79 Å². The number of carboxylic acid groups (broad SMARTS) is 1. The normalized spacial score (nSPS) is 14.7. The molecule has 18 heavy (non-hydrogen) atoms. The summed E-state index contributed by atoms with van der Waals surface area (Å²) in [6.07, 6.45) is 5.89. The highest BCUT2D eigenvalue weighted by Crippen LogP contribution is 2.12. The molecule has 0 atom stereocenters. The molecular weight excluding hydrogens is 230 g/mol. The van der Waals surface area contributed by atoms with Crippen LogP contribution in [0.1, 0.15) is 28.8 Å². The lowest BCUT2D eigenvalue weighted by atomic mass is 10.0. The third-order valence-corrected chi connectivity index (χ3v) is 2.97. The van der Waals surface area contributed by atoms with Crippen LogP contribution in [-0.4, -0.2) is 23.0 Å². The smallest absolute Gasteiger partial charge is 0.335 e. The van der Waals surface area contributed by atoms with Gasteiger partial charge in [0, 0.05) is 6.04 Å². The molecule has 0 aromatic heterocycles. The lowest BCUT2D eigenvalue weighted by Crippen LogP contribution is -2.34. The fourth-order valence-corrected chi connectivity index (χ4v) is 2.07. The maximum Gasteiger partial charge on any atom is 0.335 e. The molecule has 0 radical (unpaired) electrons. The van der Waals surface area contributed by atoms with Crippen LogP contribution in [0, 0.1) is 0 Å². The Bertz CT molecular complexity index is 486. The van der Waals surface area contributed by atoms with Gasteiger partial charge in [-0.3, -0.25) is 4.79 Å². The van der Waals surface area contributed by atoms with Gasteiger partial charge in [-0.05, 0) is 24.5 Å². The fraction of sp³-hybridized carbons (Fsp3) is 0.286. The van der Waals surface area contributed by atoms with Crippen LogP contribution in [0.4, 0.5) is 0 Å². The summed E-state index contributed by atoms with van der Waals surface area (Å²) in [6, 6.07) is 6.75. The summed E-state index contributed by atoms with van der Waals surface area (Å²) in [7, 11) is 0. The van der Waals surface area contributed by atoms with E-state index in [9.17, 15) is 9.59 Å². The molecule has 1 aromatic rings. The fourth-order valence-electron chi connectivity index (χ4n) is 2.07. The van der Waals surface area contributed by atoms with E-state index in [0.29, 0.717) is 5.56 Å². The van der Waals surface area contributed by atoms with Gasteiger partial charge < -0.3 is 10.4 Å². The van der Waals surface area contributed by atoms with E-state index in [2.05, 4.69) is 5.32 Å². The molecule has 1 aliphatic carbocycles. The van der Waals surface area contributed by atoms with E-state index in [1.54, 1.807) is 18.2 Å². The number of rotatable bonds is 4. The Hall–Kier alpha value is -2.10. The maximum absolute atomic E-state index is 11.8. The van der Waals surface area contributed by atoms with Crippen molar-refractivity contribution in [3.63, 3.8) is 0 Å². The molecule has 4 nitrogen and oxygen atoms in total. The first-order valence-electron chi connectivity index (χ1n) is 5.92. The molecule has 2 rings (SSSR count). The summed E-state index contributed by atoms with van der Waals surface area (Å²) in [5.74, 6) is -1.13. The van der Waals surface area contributed by atoms with Crippen molar-refractivity contribution in [2.45, 2.75) is 25.3 Å². The van der Waals surface area contributed by atoms with E-state index < -0.39 is 5.97 Å². The van der Waals surface area contributed by atoms with E-state index in [0.717, 1.165) is 12.8 Å². The molecule has 1 aliphatic rings. The molecule has 0 saturated heterocycles. The van der Waals surface area contributed by atoms with Crippen molar-refractivity contribution in [1.29, 1.82) is 0 Å². The van der Waals surface area contributed by atoms with Gasteiger partial charge in [0.2, 0.25) is 5.91 Å². The van der Waals surface area contributed by atoms with Crippen LogP contribution in [-0.2, 0) is 11.2 Å². The molecule has 0 saturated carbocycles. The van der Waals surface area contributed by atoms with Crippen molar-refractivity contribution in [1.82, 2.24) is 5.32 Å². The number of aromatic carboxylic acids is 1. The Labute approximate surface area is 105 Å². The number of benzene rings is 1. The second-order valence-corrected chi connectivity index (χ2v) is 4.35. The number of hydrogen-bond donors (Lipinski definition) is 2. The Kier molecular flexibility index (Phi) is 3.77. The van der Waals surface area contributed by atoms with Gasteiger partial charge in [-0.1, -0.05) is 30.4 Å². The monoisotopic (exact) mass is 245 g/mol. The summed E-state index contributed by atoms with van der Waals surface area (Å²) in [5, 5.41) is 11.9. The highest BCUT2D eigenvalue weighted by Gasteiger charge is 2.16. The second-order valence-electron chi connectivity index (χ2n) is 4.35. The van der Waals surface area contributed by atoms with Crippen molar-refractivity contribution < 1.29 is 14.7 Å². The van der Waals surface area contributed by atoms with Gasteiger partial charge in [-0.15, -0.1) is 0 Å². The molecule has 94 valence electrons. The van der Waals surface area contributed by atoms with Crippen LogP contribution in [0.15, 0.2) is 36.4 Å². The predicted molar refractivity (Wildman–Crippen MR) is 67.4 cm³/mol. The molecule has 4 heteroatoms. The number of hydrogen-bond acceptors (Lipinski definition) is 2. The van der Waals surface area contributed by atoms with Crippen molar-refractivity contribution >= 4 is 11.9 Å². The first-order chi connectivity index (χ1) is 8.66. The van der Waals surface area contributed by atoms with Crippen LogP contribution in [0.25, 0.3) is 0 Å². The van der Waals surface area contributed by atoms with Crippen molar-refractivity contribution in [3.8, 4) is 0 Å². The second kappa shape index (κ2) is 5.49. The Morgan fingerprint density at radius 2 is 1.89 bits per heavy atom. The number of amides is 1. The minimum Gasteiger partial charge on any atom is -0.478 e. The largest absolute Gasteiger partial charge is 0.478 e. The zero-order chi connectivity index (χ0) is 13.0. The summed E-state index contributed by atoms with van der Waals surface area (Å²) >= 11 is 0. The van der Waals surface area contributed by atoms with Crippen molar-refractivity contribution in [3.05, 3.63) is 47.5 Å². The van der Waals surface area contributed by atoms with Gasteiger partial charge in [0.05, 0.1) is 12.0 Å². The molecule has 0 bridgehead atoms. The van der Waals surface area contributed by atoms with E-state index in [1.807, 2.05) is 12.2 Å². The van der Waals surface area contributed by atoms with E-state index in [4.69, 9.17) is 5.11 Å². The number of carboxylic acids is 1. The Morgan fingerprint density at radius 3 is 2.56 bits per heavy atom. The topological polar surface area (TPSA) is 66.4 Å². The number of nitrogens with one attached hydrogen (secondary N) is 1. The molecule has 2 N–H and O–H groups in total. The molecule has 0 spiro atoms. The molecule has 0 unspecified atom stereocenters. The third-order valence-electron chi connectivity index (χ3n) is 2.97. The van der Waals surface area contributed by atoms with Crippen LogP contribution >= 0.6 is 0 Å². The molecule has 1 amide bonds. The predicted octanol–water partition coefficient (Wildman–Crippen LogP) is 1.76. The van der Waals surface area contributed by atoms with E-state index >= 15 is 0 Å². The molecule has 0 fully saturated rings. The van der Waals surface area contributed by atoms with Gasteiger partial charge in [0.25, 0.3) is 0 Å². The Morgan fingerprint density at radius 1 is 1.22 bits per heavy atom. The average Bonchev–Trinajstić information content (AvgIpc) is 2.82. The number of carbonyl (C=O) groups excluding carboxylic acids is 1. The third kappa shape index (κ3) is 2.97. The summed E-state index contributed by atoms with van der Waals surface area (Å²) in [6.45, 7) is 0. The summed E-state index contributed by atoms with van der Waals surface area (Å²) in [4.78, 5) is 22.8. The SMILES string of the molecule is O=C(Cc1ccccc1C(=O)O)NC1CC=CC1. The lowest BCUT2D eigenvalue weighted by molar-refractivity contribution is -0.121. The van der Waals surface area contributed by atoms with Crippen LogP contribution < -0.4 is 5.32 Å². The van der Waals surface area contributed by atoms with Crippen molar-refractivity contribution in [2.75, 3.05) is 0 Å². The highest BCUT2D eigenvalue weighted by molar-refractivity contribution is 5.91. The zero-order valence-electron chi connectivity index (χ0n) is 9.93. The first kappa shape index (κ1) is 12.4. The number of carbonyl (C=O) groups is 2. The van der Waals surface area contributed by atoms with Gasteiger partial charge >= 0.3 is 5.97 Å². The summed E-state index contributed by atoms with van der Waals surface area (Å²) in [5.41, 5.74) is 0.741. The highest BCUT2D eigenvalue weighted by atomic mass is 16.4. The standard InChI is InChI=1S/C14H15NO3/c16-13(15-11-6-2-3-7-11)9-10-5-1-4-8-12(10)14(17)18/h1-5,8,11H,6-7,9H2,(H,15,16)(H,17,18). The molecule has 0 heterocycles. The van der Waals surface area contributed by atoms with Gasteiger partial charge in [0.15, 0.2) is 0 Å². The quantitative estimate of drug-likeness (QED) is 0.794. The minimum atomic E-state index is -0.999. The Balaban J connectivity index is 2.00. The van der Waals surface area contributed by atoms with Gasteiger partial charge in [0.1, 0.15) is 0 Å². The summed E-state index contributed by atoms with van der Waals surface area (Å²) < 4.78 is 0. The minimum absolute atomic E-state index is 0.110. The average molecular weight is 245 g/mol. The van der Waals surface area contributed by atoms with E-state index in [1.165, 1.54) is 6.07 Å². The lowest BCUT2D eigenvalue weighted by Gasteiger charge is -2.12. The maximum atomic E-state index is 11.8. The van der Waals surface area contributed by atoms with Crippen LogP contribution in [0.2, 0.25) is 0 Å². The zero-order valence-corrected chi connectivity index (χ0v) is 9.93. The van der Waals surface area contributed by atoms with Crippen LogP contribution in [0.3, 0.4) is 0 Å². The molecular formula is C14H15NO3.